The van der Waals surface area contributed by atoms with E-state index in [-0.39, 0.29) is 0 Å². The fraction of sp³-hybridized carbons (Fsp3) is 0.200. The first kappa shape index (κ1) is 14.4. The topological polar surface area (TPSA) is 35.2 Å². The predicted molar refractivity (Wildman–Crippen MR) is 85.2 cm³/mol. The van der Waals surface area contributed by atoms with Crippen LogP contribution < -0.4 is 10.5 Å². The van der Waals surface area contributed by atoms with Gasteiger partial charge < -0.3 is 10.5 Å². The molecule has 0 heterocycles. The zero-order valence-electron chi connectivity index (χ0n) is 10.7. The lowest BCUT2D eigenvalue weighted by molar-refractivity contribution is 0.468. The molecule has 19 heavy (non-hydrogen) atoms. The van der Waals surface area contributed by atoms with E-state index in [1.807, 2.05) is 30.5 Å². The minimum Gasteiger partial charge on any atom is -0.455 e. The average Bonchev–Trinajstić information content (AvgIpc) is 2.43. The molecule has 0 aromatic heterocycles. The Kier molecular flexibility index (Phi) is 5.31. The summed E-state index contributed by atoms with van der Waals surface area (Å²) in [7, 11) is 0. The van der Waals surface area contributed by atoms with Crippen LogP contribution in [0.15, 0.2) is 51.8 Å². The molecule has 0 atom stereocenters. The van der Waals surface area contributed by atoms with E-state index >= 15 is 0 Å². The number of para-hydroxylation sites is 1. The molecule has 2 aromatic rings. The summed E-state index contributed by atoms with van der Waals surface area (Å²) in [5, 5.41) is 0. The molecule has 0 radical (unpaired) electrons. The van der Waals surface area contributed by atoms with E-state index in [9.17, 15) is 0 Å². The molecule has 0 aliphatic carbocycles. The van der Waals surface area contributed by atoms with Crippen molar-refractivity contribution in [3.63, 3.8) is 0 Å². The number of hydrogen-bond donors (Lipinski definition) is 1. The Morgan fingerprint density at radius 3 is 2.63 bits per heavy atom. The minimum absolute atomic E-state index is 0.655. The number of hydrogen-bond acceptors (Lipinski definition) is 3. The molecule has 0 amide bonds. The van der Waals surface area contributed by atoms with Gasteiger partial charge in [-0.25, -0.2) is 0 Å². The molecular weight excluding hydrogens is 322 g/mol. The van der Waals surface area contributed by atoms with Crippen molar-refractivity contribution in [2.45, 2.75) is 11.3 Å². The van der Waals surface area contributed by atoms with Gasteiger partial charge in [0, 0.05) is 4.90 Å². The smallest absolute Gasteiger partial charge is 0.141 e. The molecule has 100 valence electrons. The number of benzene rings is 2. The molecule has 0 bridgehead atoms. The van der Waals surface area contributed by atoms with Crippen molar-refractivity contribution < 1.29 is 4.74 Å². The molecule has 0 aliphatic heterocycles. The number of nitrogens with two attached hydrogens (primary N) is 1. The quantitative estimate of drug-likeness (QED) is 0.818. The largest absolute Gasteiger partial charge is 0.455 e. The SMILES string of the molecule is CSc1ccccc1Oc1ccc(CCN)cc1Br. The van der Waals surface area contributed by atoms with Crippen molar-refractivity contribution in [1.29, 1.82) is 0 Å². The number of rotatable bonds is 5. The highest BCUT2D eigenvalue weighted by atomic mass is 79.9. The second-order valence-corrected chi connectivity index (χ2v) is 5.76. The van der Waals surface area contributed by atoms with Gasteiger partial charge in [0.05, 0.1) is 4.47 Å². The van der Waals surface area contributed by atoms with Crippen LogP contribution in [0.1, 0.15) is 5.56 Å². The fourth-order valence-corrected chi connectivity index (χ4v) is 2.80. The Bertz CT molecular complexity index is 560. The van der Waals surface area contributed by atoms with E-state index in [0.29, 0.717) is 6.54 Å². The highest BCUT2D eigenvalue weighted by molar-refractivity contribution is 9.10. The van der Waals surface area contributed by atoms with Crippen molar-refractivity contribution in [1.82, 2.24) is 0 Å². The van der Waals surface area contributed by atoms with E-state index in [0.717, 1.165) is 27.3 Å². The van der Waals surface area contributed by atoms with Gasteiger partial charge in [-0.05, 0) is 65.0 Å². The maximum absolute atomic E-state index is 5.97. The lowest BCUT2D eigenvalue weighted by Gasteiger charge is -2.11. The van der Waals surface area contributed by atoms with E-state index in [2.05, 4.69) is 34.1 Å². The lowest BCUT2D eigenvalue weighted by Crippen LogP contribution is -2.02. The standard InChI is InChI=1S/C15H16BrNOS/c1-19-15-5-3-2-4-14(15)18-13-7-6-11(8-9-17)10-12(13)16/h2-7,10H,8-9,17H2,1H3. The highest BCUT2D eigenvalue weighted by Crippen LogP contribution is 2.35. The van der Waals surface area contributed by atoms with Crippen LogP contribution in [-0.2, 0) is 6.42 Å². The van der Waals surface area contributed by atoms with E-state index in [1.54, 1.807) is 11.8 Å². The predicted octanol–water partition coefficient (Wildman–Crippen LogP) is 4.46. The first-order valence-corrected chi connectivity index (χ1v) is 8.05. The fourth-order valence-electron chi connectivity index (χ4n) is 1.77. The van der Waals surface area contributed by atoms with Crippen LogP contribution in [-0.4, -0.2) is 12.8 Å². The molecule has 0 spiro atoms. The molecule has 0 saturated heterocycles. The van der Waals surface area contributed by atoms with Crippen LogP contribution in [0.25, 0.3) is 0 Å². The number of ether oxygens (including phenoxy) is 1. The summed E-state index contributed by atoms with van der Waals surface area (Å²) >= 11 is 5.22. The van der Waals surface area contributed by atoms with E-state index < -0.39 is 0 Å². The van der Waals surface area contributed by atoms with Crippen LogP contribution >= 0.6 is 27.7 Å². The van der Waals surface area contributed by atoms with Gasteiger partial charge in [0.15, 0.2) is 0 Å². The monoisotopic (exact) mass is 337 g/mol. The van der Waals surface area contributed by atoms with Gasteiger partial charge in [0.2, 0.25) is 0 Å². The molecule has 2 aromatic carbocycles. The zero-order valence-corrected chi connectivity index (χ0v) is 13.1. The molecule has 2 N–H and O–H groups in total. The third-order valence-electron chi connectivity index (χ3n) is 2.72. The highest BCUT2D eigenvalue weighted by Gasteiger charge is 2.07. The molecule has 0 fully saturated rings. The molecule has 0 saturated carbocycles. The zero-order chi connectivity index (χ0) is 13.7. The van der Waals surface area contributed by atoms with Gasteiger partial charge in [-0.1, -0.05) is 18.2 Å². The third kappa shape index (κ3) is 3.75. The second-order valence-electron chi connectivity index (χ2n) is 4.06. The van der Waals surface area contributed by atoms with Crippen molar-refractivity contribution in [3.05, 3.63) is 52.5 Å². The molecule has 0 unspecified atom stereocenters. The minimum atomic E-state index is 0.655. The molecule has 2 nitrogen and oxygen atoms in total. The van der Waals surface area contributed by atoms with Crippen molar-refractivity contribution >= 4 is 27.7 Å². The summed E-state index contributed by atoms with van der Waals surface area (Å²) in [6.45, 7) is 0.655. The Balaban J connectivity index is 2.23. The normalized spacial score (nSPS) is 10.5. The lowest BCUT2D eigenvalue weighted by atomic mass is 10.1. The molecule has 4 heteroatoms. The van der Waals surface area contributed by atoms with Crippen LogP contribution in [0, 0.1) is 0 Å². The summed E-state index contributed by atoms with van der Waals surface area (Å²) in [5.41, 5.74) is 6.77. The summed E-state index contributed by atoms with van der Waals surface area (Å²) in [5.74, 6) is 1.70. The molecule has 2 rings (SSSR count). The Morgan fingerprint density at radius 1 is 1.16 bits per heavy atom. The van der Waals surface area contributed by atoms with E-state index in [1.165, 1.54) is 5.56 Å². The third-order valence-corrected chi connectivity index (χ3v) is 4.12. The summed E-state index contributed by atoms with van der Waals surface area (Å²) in [6, 6.07) is 14.1. The number of thioether (sulfide) groups is 1. The first-order chi connectivity index (χ1) is 9.24. The van der Waals surface area contributed by atoms with E-state index in [4.69, 9.17) is 10.5 Å². The van der Waals surface area contributed by atoms with Crippen molar-refractivity contribution in [2.75, 3.05) is 12.8 Å². The van der Waals surface area contributed by atoms with Gasteiger partial charge >= 0.3 is 0 Å². The molecule has 0 aliphatic rings. The Hall–Kier alpha value is -0.970. The van der Waals surface area contributed by atoms with Crippen LogP contribution in [0.4, 0.5) is 0 Å². The first-order valence-electron chi connectivity index (χ1n) is 6.04. The van der Waals surface area contributed by atoms with Gasteiger partial charge in [-0.2, -0.15) is 0 Å². The second kappa shape index (κ2) is 6.98. The van der Waals surface area contributed by atoms with Gasteiger partial charge in [-0.3, -0.25) is 0 Å². The maximum atomic E-state index is 5.97. The Labute approximate surface area is 126 Å². The Morgan fingerprint density at radius 2 is 1.95 bits per heavy atom. The maximum Gasteiger partial charge on any atom is 0.141 e. The summed E-state index contributed by atoms with van der Waals surface area (Å²) < 4.78 is 6.92. The van der Waals surface area contributed by atoms with Crippen LogP contribution in [0.2, 0.25) is 0 Å². The van der Waals surface area contributed by atoms with Crippen molar-refractivity contribution in [3.8, 4) is 11.5 Å². The number of halogens is 1. The van der Waals surface area contributed by atoms with Crippen molar-refractivity contribution in [2.24, 2.45) is 5.73 Å². The van der Waals surface area contributed by atoms with Crippen LogP contribution in [0.3, 0.4) is 0 Å². The van der Waals surface area contributed by atoms with Gasteiger partial charge in [-0.15, -0.1) is 11.8 Å². The molecular formula is C15H16BrNOS. The van der Waals surface area contributed by atoms with Gasteiger partial charge in [0.25, 0.3) is 0 Å². The van der Waals surface area contributed by atoms with Crippen LogP contribution in [0.5, 0.6) is 11.5 Å². The summed E-state index contributed by atoms with van der Waals surface area (Å²) in [4.78, 5) is 1.13. The average molecular weight is 338 g/mol. The van der Waals surface area contributed by atoms with Gasteiger partial charge in [0.1, 0.15) is 11.5 Å². The summed E-state index contributed by atoms with van der Waals surface area (Å²) in [6.07, 6.45) is 2.92.